The molecule has 1 saturated heterocycles. The van der Waals surface area contributed by atoms with Gasteiger partial charge in [0.25, 0.3) is 0 Å². The van der Waals surface area contributed by atoms with Gasteiger partial charge in [-0.1, -0.05) is 0 Å². The van der Waals surface area contributed by atoms with E-state index in [1.54, 1.807) is 0 Å². The van der Waals surface area contributed by atoms with Crippen molar-refractivity contribution in [3.63, 3.8) is 0 Å². The first-order chi connectivity index (χ1) is 7.95. The lowest BCUT2D eigenvalue weighted by Crippen LogP contribution is -2.10. The van der Waals surface area contributed by atoms with Crippen molar-refractivity contribution in [2.24, 2.45) is 5.92 Å². The van der Waals surface area contributed by atoms with Gasteiger partial charge in [0.15, 0.2) is 0 Å². The molecule has 0 bridgehead atoms. The third kappa shape index (κ3) is 4.40. The maximum absolute atomic E-state index is 5.64. The van der Waals surface area contributed by atoms with E-state index < -0.39 is 0 Å². The molecule has 1 atom stereocenters. The largest absolute Gasteiger partial charge is 0.501 e. The summed E-state index contributed by atoms with van der Waals surface area (Å²) in [5, 5.41) is 0. The van der Waals surface area contributed by atoms with E-state index in [1.165, 1.54) is 68.4 Å². The van der Waals surface area contributed by atoms with Gasteiger partial charge in [-0.25, -0.2) is 0 Å². The predicted octanol–water partition coefficient (Wildman–Crippen LogP) is 4.38. The highest BCUT2D eigenvalue weighted by atomic mass is 32.2. The van der Waals surface area contributed by atoms with Crippen molar-refractivity contribution >= 4 is 11.8 Å². The number of ether oxygens (including phenoxy) is 1. The van der Waals surface area contributed by atoms with Crippen LogP contribution in [0.2, 0.25) is 0 Å². The lowest BCUT2D eigenvalue weighted by molar-refractivity contribution is 0.230. The quantitative estimate of drug-likeness (QED) is 0.521. The molecule has 92 valence electrons. The molecule has 0 radical (unpaired) electrons. The fourth-order valence-corrected chi connectivity index (χ4v) is 3.82. The Labute approximate surface area is 104 Å². The number of thioether (sulfide) groups is 1. The van der Waals surface area contributed by atoms with Gasteiger partial charge in [-0.15, -0.1) is 0 Å². The number of hydrogen-bond acceptors (Lipinski definition) is 2. The van der Waals surface area contributed by atoms with E-state index in [1.807, 2.05) is 6.26 Å². The zero-order valence-corrected chi connectivity index (χ0v) is 11.1. The van der Waals surface area contributed by atoms with Gasteiger partial charge in [-0.05, 0) is 74.4 Å². The Kier molecular flexibility index (Phi) is 5.60. The molecule has 0 aromatic heterocycles. The van der Waals surface area contributed by atoms with E-state index in [0.29, 0.717) is 0 Å². The summed E-state index contributed by atoms with van der Waals surface area (Å²) in [6.07, 6.45) is 12.8. The zero-order valence-electron chi connectivity index (χ0n) is 10.2. The summed E-state index contributed by atoms with van der Waals surface area (Å²) in [7, 11) is 0. The van der Waals surface area contributed by atoms with E-state index in [-0.39, 0.29) is 0 Å². The first-order valence-corrected chi connectivity index (χ1v) is 7.98. The highest BCUT2D eigenvalue weighted by Gasteiger charge is 2.13. The van der Waals surface area contributed by atoms with Gasteiger partial charge in [0.2, 0.25) is 0 Å². The van der Waals surface area contributed by atoms with Gasteiger partial charge in [-0.3, -0.25) is 0 Å². The van der Waals surface area contributed by atoms with Gasteiger partial charge >= 0.3 is 0 Å². The Hall–Kier alpha value is -0.110. The van der Waals surface area contributed by atoms with Crippen molar-refractivity contribution in [1.82, 2.24) is 0 Å². The molecule has 0 amide bonds. The van der Waals surface area contributed by atoms with Crippen LogP contribution in [0.1, 0.15) is 51.4 Å². The van der Waals surface area contributed by atoms with Crippen LogP contribution in [0.15, 0.2) is 11.8 Å². The SMILES string of the molecule is C(OCCCC1CCCSC1)=C1CCCC1. The van der Waals surface area contributed by atoms with Crippen molar-refractivity contribution < 1.29 is 4.74 Å². The Bertz CT molecular complexity index is 211. The molecule has 0 aromatic rings. The summed E-state index contributed by atoms with van der Waals surface area (Å²) in [6.45, 7) is 0.935. The average molecular weight is 240 g/mol. The van der Waals surface area contributed by atoms with Crippen LogP contribution in [0, 0.1) is 5.92 Å². The van der Waals surface area contributed by atoms with Gasteiger partial charge in [0, 0.05) is 0 Å². The molecule has 1 heterocycles. The minimum Gasteiger partial charge on any atom is -0.501 e. The second kappa shape index (κ2) is 7.26. The number of hydrogen-bond donors (Lipinski definition) is 0. The molecule has 0 aromatic carbocycles. The molecular weight excluding hydrogens is 216 g/mol. The van der Waals surface area contributed by atoms with E-state index >= 15 is 0 Å². The summed E-state index contributed by atoms with van der Waals surface area (Å²) in [6, 6.07) is 0. The maximum Gasteiger partial charge on any atom is 0.0873 e. The van der Waals surface area contributed by atoms with Gasteiger partial charge < -0.3 is 4.74 Å². The number of rotatable bonds is 5. The topological polar surface area (TPSA) is 9.23 Å². The molecule has 1 aliphatic carbocycles. The molecular formula is C14H24OS. The fraction of sp³-hybridized carbons (Fsp3) is 0.857. The van der Waals surface area contributed by atoms with E-state index in [0.717, 1.165) is 12.5 Å². The molecule has 0 N–H and O–H groups in total. The molecule has 2 fully saturated rings. The Morgan fingerprint density at radius 1 is 1.25 bits per heavy atom. The van der Waals surface area contributed by atoms with Crippen molar-refractivity contribution in [2.75, 3.05) is 18.1 Å². The minimum absolute atomic E-state index is 0.935. The van der Waals surface area contributed by atoms with E-state index in [4.69, 9.17) is 4.74 Å². The van der Waals surface area contributed by atoms with Crippen LogP contribution in [-0.4, -0.2) is 18.1 Å². The molecule has 1 saturated carbocycles. The molecule has 2 aliphatic rings. The average Bonchev–Trinajstić information content (AvgIpc) is 2.83. The molecule has 2 rings (SSSR count). The van der Waals surface area contributed by atoms with Crippen LogP contribution in [0.25, 0.3) is 0 Å². The van der Waals surface area contributed by atoms with Gasteiger partial charge in [0.1, 0.15) is 0 Å². The second-order valence-corrected chi connectivity index (χ2v) is 6.23. The molecule has 1 aliphatic heterocycles. The highest BCUT2D eigenvalue weighted by molar-refractivity contribution is 7.99. The highest BCUT2D eigenvalue weighted by Crippen LogP contribution is 2.26. The third-order valence-corrected chi connectivity index (χ3v) is 4.91. The smallest absolute Gasteiger partial charge is 0.0873 e. The minimum atomic E-state index is 0.935. The van der Waals surface area contributed by atoms with Crippen LogP contribution < -0.4 is 0 Å². The van der Waals surface area contributed by atoms with E-state index in [2.05, 4.69) is 11.8 Å². The van der Waals surface area contributed by atoms with Crippen LogP contribution in [0.3, 0.4) is 0 Å². The summed E-state index contributed by atoms with van der Waals surface area (Å²) in [5.74, 6) is 3.75. The van der Waals surface area contributed by atoms with Gasteiger partial charge in [-0.2, -0.15) is 11.8 Å². The summed E-state index contributed by atoms with van der Waals surface area (Å²) in [4.78, 5) is 0. The second-order valence-electron chi connectivity index (χ2n) is 5.08. The molecule has 0 spiro atoms. The lowest BCUT2D eigenvalue weighted by atomic mass is 10.00. The van der Waals surface area contributed by atoms with Crippen molar-refractivity contribution in [3.8, 4) is 0 Å². The Morgan fingerprint density at radius 2 is 2.12 bits per heavy atom. The van der Waals surface area contributed by atoms with Crippen LogP contribution in [0.4, 0.5) is 0 Å². The zero-order chi connectivity index (χ0) is 11.1. The normalized spacial score (nSPS) is 25.8. The van der Waals surface area contributed by atoms with Crippen molar-refractivity contribution in [1.29, 1.82) is 0 Å². The Morgan fingerprint density at radius 3 is 2.88 bits per heavy atom. The summed E-state index contributed by atoms with van der Waals surface area (Å²) < 4.78 is 5.64. The maximum atomic E-state index is 5.64. The predicted molar refractivity (Wildman–Crippen MR) is 71.8 cm³/mol. The summed E-state index contributed by atoms with van der Waals surface area (Å²) >= 11 is 2.13. The van der Waals surface area contributed by atoms with Crippen molar-refractivity contribution in [3.05, 3.63) is 11.8 Å². The monoisotopic (exact) mass is 240 g/mol. The molecule has 1 nitrogen and oxygen atoms in total. The third-order valence-electron chi connectivity index (χ3n) is 3.62. The first-order valence-electron chi connectivity index (χ1n) is 6.82. The standard InChI is InChI=1S/C14H24OS/c1-2-6-13(5-1)11-15-9-3-7-14-8-4-10-16-12-14/h11,14H,1-10,12H2. The van der Waals surface area contributed by atoms with E-state index in [9.17, 15) is 0 Å². The molecule has 2 heteroatoms. The van der Waals surface area contributed by atoms with Crippen LogP contribution in [-0.2, 0) is 4.74 Å². The first kappa shape index (κ1) is 12.3. The number of allylic oxidation sites excluding steroid dienone is 1. The van der Waals surface area contributed by atoms with Crippen molar-refractivity contribution in [2.45, 2.75) is 51.4 Å². The molecule has 16 heavy (non-hydrogen) atoms. The lowest BCUT2D eigenvalue weighted by Gasteiger charge is -2.20. The summed E-state index contributed by atoms with van der Waals surface area (Å²) in [5.41, 5.74) is 1.54. The van der Waals surface area contributed by atoms with Crippen LogP contribution >= 0.6 is 11.8 Å². The molecule has 1 unspecified atom stereocenters. The Balaban J connectivity index is 1.49. The fourth-order valence-electron chi connectivity index (χ4n) is 2.61. The van der Waals surface area contributed by atoms with Crippen LogP contribution in [0.5, 0.6) is 0 Å². The van der Waals surface area contributed by atoms with Gasteiger partial charge in [0.05, 0.1) is 12.9 Å².